The van der Waals surface area contributed by atoms with Gasteiger partial charge in [0.1, 0.15) is 0 Å². The van der Waals surface area contributed by atoms with Crippen LogP contribution in [0.3, 0.4) is 0 Å². The molecule has 0 aliphatic carbocycles. The van der Waals surface area contributed by atoms with Crippen molar-refractivity contribution in [3.8, 4) is 11.5 Å². The lowest BCUT2D eigenvalue weighted by Gasteiger charge is -2.03. The molecule has 0 saturated carbocycles. The van der Waals surface area contributed by atoms with Crippen molar-refractivity contribution in [2.45, 2.75) is 59.2 Å². The molecule has 0 N–H and O–H groups in total. The van der Waals surface area contributed by atoms with Gasteiger partial charge < -0.3 is 4.42 Å². The second kappa shape index (κ2) is 9.50. The van der Waals surface area contributed by atoms with E-state index < -0.39 is 0 Å². The molecule has 21 heavy (non-hydrogen) atoms. The van der Waals surface area contributed by atoms with Crippen LogP contribution in [0.25, 0.3) is 11.5 Å². The van der Waals surface area contributed by atoms with E-state index in [4.69, 9.17) is 4.42 Å². The molecule has 4 heteroatoms. The van der Waals surface area contributed by atoms with Crippen LogP contribution in [-0.2, 0) is 6.42 Å². The molecule has 1 aromatic heterocycles. The predicted molar refractivity (Wildman–Crippen MR) is 92.4 cm³/mol. The number of aromatic nitrogens is 2. The van der Waals surface area contributed by atoms with Crippen LogP contribution in [0.5, 0.6) is 0 Å². The van der Waals surface area contributed by atoms with Gasteiger partial charge in [0.2, 0.25) is 11.8 Å². The first-order chi connectivity index (χ1) is 10.1. The molecule has 0 unspecified atom stereocenters. The largest absolute Gasteiger partial charge is 0.421 e. The Balaban J connectivity index is 0.000000270. The maximum atomic E-state index is 5.44. The topological polar surface area (TPSA) is 38.9 Å². The van der Waals surface area contributed by atoms with Crippen molar-refractivity contribution in [2.75, 3.05) is 0 Å². The fourth-order valence-corrected chi connectivity index (χ4v) is 3.81. The summed E-state index contributed by atoms with van der Waals surface area (Å²) in [6.45, 7) is 11.0. The van der Waals surface area contributed by atoms with Crippen molar-refractivity contribution in [3.05, 3.63) is 35.7 Å². The number of benzene rings is 1. The van der Waals surface area contributed by atoms with E-state index in [2.05, 4.69) is 37.9 Å². The van der Waals surface area contributed by atoms with E-state index in [1.54, 1.807) is 0 Å². The molecule has 0 amide bonds. The summed E-state index contributed by atoms with van der Waals surface area (Å²) in [5.74, 6) is 1.28. The van der Waals surface area contributed by atoms with Gasteiger partial charge in [-0.25, -0.2) is 0 Å². The molecule has 1 heterocycles. The molecule has 2 aromatic rings. The third-order valence-electron chi connectivity index (χ3n) is 3.80. The van der Waals surface area contributed by atoms with Crippen LogP contribution in [0.2, 0.25) is 18.1 Å². The van der Waals surface area contributed by atoms with Crippen molar-refractivity contribution < 1.29 is 4.42 Å². The molecule has 0 spiro atoms. The third kappa shape index (κ3) is 5.84. The van der Waals surface area contributed by atoms with Gasteiger partial charge >= 0.3 is 0 Å². The van der Waals surface area contributed by atoms with E-state index in [1.807, 2.05) is 31.2 Å². The first kappa shape index (κ1) is 17.6. The van der Waals surface area contributed by atoms with E-state index in [1.165, 1.54) is 23.7 Å². The van der Waals surface area contributed by atoms with Gasteiger partial charge in [-0.15, -0.1) is 10.2 Å². The van der Waals surface area contributed by atoms with Gasteiger partial charge in [0, 0.05) is 20.8 Å². The highest BCUT2D eigenvalue weighted by Gasteiger charge is 2.05. The first-order valence-electron chi connectivity index (χ1n) is 8.03. The van der Waals surface area contributed by atoms with Crippen molar-refractivity contribution in [1.29, 1.82) is 0 Å². The summed E-state index contributed by atoms with van der Waals surface area (Å²) in [5, 5.41) is 7.89. The SMILES string of the molecule is CC[SiH](CC)CC.CCc1nnc(-c2ccc(C)cc2)o1. The van der Waals surface area contributed by atoms with E-state index in [0.717, 1.165) is 12.0 Å². The van der Waals surface area contributed by atoms with Crippen LogP contribution >= 0.6 is 0 Å². The Morgan fingerprint density at radius 3 is 1.86 bits per heavy atom. The minimum absolute atomic E-state index is 0.171. The summed E-state index contributed by atoms with van der Waals surface area (Å²) in [5.41, 5.74) is 2.20. The molecule has 0 aliphatic heterocycles. The summed E-state index contributed by atoms with van der Waals surface area (Å²) < 4.78 is 5.44. The molecular formula is C17H28N2OSi. The van der Waals surface area contributed by atoms with E-state index in [0.29, 0.717) is 11.8 Å². The highest BCUT2D eigenvalue weighted by Crippen LogP contribution is 2.18. The summed E-state index contributed by atoms with van der Waals surface area (Å²) in [7, 11) is -0.171. The van der Waals surface area contributed by atoms with Gasteiger partial charge in [-0.3, -0.25) is 0 Å². The lowest BCUT2D eigenvalue weighted by molar-refractivity contribution is 0.513. The van der Waals surface area contributed by atoms with Gasteiger partial charge in [-0.2, -0.15) is 0 Å². The van der Waals surface area contributed by atoms with E-state index >= 15 is 0 Å². The molecule has 1 aromatic carbocycles. The quantitative estimate of drug-likeness (QED) is 0.739. The van der Waals surface area contributed by atoms with Crippen LogP contribution in [0.1, 0.15) is 39.1 Å². The first-order valence-corrected chi connectivity index (χ1v) is 10.5. The summed E-state index contributed by atoms with van der Waals surface area (Å²) in [6.07, 6.45) is 0.777. The Labute approximate surface area is 130 Å². The van der Waals surface area contributed by atoms with Gasteiger partial charge in [0.15, 0.2) is 0 Å². The van der Waals surface area contributed by atoms with Gasteiger partial charge in [-0.05, 0) is 19.1 Å². The monoisotopic (exact) mass is 304 g/mol. The minimum atomic E-state index is -0.171. The second-order valence-electron chi connectivity index (χ2n) is 5.31. The number of nitrogens with zero attached hydrogens (tertiary/aromatic N) is 2. The molecule has 0 saturated heterocycles. The molecule has 2 rings (SSSR count). The Morgan fingerprint density at radius 2 is 1.48 bits per heavy atom. The molecule has 0 atom stereocenters. The minimum Gasteiger partial charge on any atom is -0.421 e. The Morgan fingerprint density at radius 1 is 0.905 bits per heavy atom. The molecule has 0 fully saturated rings. The summed E-state index contributed by atoms with van der Waals surface area (Å²) in [6, 6.07) is 12.5. The summed E-state index contributed by atoms with van der Waals surface area (Å²) >= 11 is 0. The maximum Gasteiger partial charge on any atom is 0.247 e. The predicted octanol–water partition coefficient (Wildman–Crippen LogP) is 4.88. The van der Waals surface area contributed by atoms with Crippen molar-refractivity contribution in [1.82, 2.24) is 10.2 Å². The van der Waals surface area contributed by atoms with Crippen molar-refractivity contribution >= 4 is 8.80 Å². The lowest BCUT2D eigenvalue weighted by atomic mass is 10.1. The normalized spacial score (nSPS) is 10.4. The summed E-state index contributed by atoms with van der Waals surface area (Å²) in [4.78, 5) is 0. The highest BCUT2D eigenvalue weighted by molar-refractivity contribution is 6.58. The van der Waals surface area contributed by atoms with E-state index in [-0.39, 0.29) is 8.80 Å². The number of hydrogen-bond acceptors (Lipinski definition) is 3. The average Bonchev–Trinajstić information content (AvgIpc) is 2.99. The van der Waals surface area contributed by atoms with Crippen molar-refractivity contribution in [3.63, 3.8) is 0 Å². The van der Waals surface area contributed by atoms with Crippen LogP contribution < -0.4 is 0 Å². The van der Waals surface area contributed by atoms with Gasteiger partial charge in [-0.1, -0.05) is 63.5 Å². The van der Waals surface area contributed by atoms with E-state index in [9.17, 15) is 0 Å². The zero-order valence-electron chi connectivity index (χ0n) is 14.0. The fourth-order valence-electron chi connectivity index (χ4n) is 2.08. The van der Waals surface area contributed by atoms with Crippen LogP contribution in [0.4, 0.5) is 0 Å². The Bertz CT molecular complexity index is 498. The Hall–Kier alpha value is -1.42. The molecule has 0 bridgehead atoms. The number of hydrogen-bond donors (Lipinski definition) is 0. The third-order valence-corrected chi connectivity index (χ3v) is 7.26. The van der Waals surface area contributed by atoms with Crippen LogP contribution in [-0.4, -0.2) is 19.0 Å². The standard InChI is InChI=1S/C11H12N2O.C6H16Si/c1-3-10-12-13-11(14-10)9-6-4-8(2)5-7-9;1-4-7(5-2)6-3/h4-7H,3H2,1-2H3;7H,4-6H2,1-3H3. The second-order valence-corrected chi connectivity index (χ2v) is 9.49. The smallest absolute Gasteiger partial charge is 0.247 e. The number of aryl methyl sites for hydroxylation is 2. The van der Waals surface area contributed by atoms with Crippen LogP contribution in [0, 0.1) is 6.92 Å². The molecule has 3 nitrogen and oxygen atoms in total. The van der Waals surface area contributed by atoms with Gasteiger partial charge in [0.05, 0.1) is 0 Å². The fraction of sp³-hybridized carbons (Fsp3) is 0.529. The van der Waals surface area contributed by atoms with Crippen LogP contribution in [0.15, 0.2) is 28.7 Å². The Kier molecular flexibility index (Phi) is 7.98. The molecule has 0 aliphatic rings. The zero-order chi connectivity index (χ0) is 15.7. The highest BCUT2D eigenvalue weighted by atomic mass is 28.3. The van der Waals surface area contributed by atoms with Crippen molar-refractivity contribution in [2.24, 2.45) is 0 Å². The lowest BCUT2D eigenvalue weighted by Crippen LogP contribution is -2.04. The molecule has 116 valence electrons. The average molecular weight is 305 g/mol. The number of rotatable bonds is 5. The maximum absolute atomic E-state index is 5.44. The zero-order valence-corrected chi connectivity index (χ0v) is 15.2. The van der Waals surface area contributed by atoms with Gasteiger partial charge in [0.25, 0.3) is 0 Å². The molecular weight excluding hydrogens is 276 g/mol. The molecule has 0 radical (unpaired) electrons.